The van der Waals surface area contributed by atoms with Crippen molar-refractivity contribution in [1.82, 2.24) is 4.83 Å². The van der Waals surface area contributed by atoms with Gasteiger partial charge in [-0.1, -0.05) is 35.9 Å². The summed E-state index contributed by atoms with van der Waals surface area (Å²) in [6, 6.07) is 13.0. The maximum Gasteiger partial charge on any atom is 0.338 e. The van der Waals surface area contributed by atoms with Gasteiger partial charge in [0.25, 0.3) is 10.0 Å². The van der Waals surface area contributed by atoms with E-state index in [2.05, 4.69) is 14.7 Å². The Labute approximate surface area is 134 Å². The van der Waals surface area contributed by atoms with E-state index in [0.717, 1.165) is 5.56 Å². The second kappa shape index (κ2) is 7.06. The standard InChI is InChI=1S/C16H16N2O4S/c1-12-7-9-14(10-8-12)23(20,21)18-17-11-13-5-3-4-6-15(13)16(19)22-2/h3-11,18H,1-2H3. The van der Waals surface area contributed by atoms with Crippen LogP contribution in [0, 0.1) is 6.92 Å². The average molecular weight is 332 g/mol. The predicted molar refractivity (Wildman–Crippen MR) is 86.9 cm³/mol. The topological polar surface area (TPSA) is 84.8 Å². The first-order valence-electron chi connectivity index (χ1n) is 6.73. The highest BCUT2D eigenvalue weighted by atomic mass is 32.2. The zero-order chi connectivity index (χ0) is 16.9. The summed E-state index contributed by atoms with van der Waals surface area (Å²) in [4.78, 5) is 13.9. The summed E-state index contributed by atoms with van der Waals surface area (Å²) in [5.41, 5.74) is 1.71. The third-order valence-electron chi connectivity index (χ3n) is 3.07. The van der Waals surface area contributed by atoms with E-state index < -0.39 is 16.0 Å². The van der Waals surface area contributed by atoms with Crippen LogP contribution in [0.4, 0.5) is 0 Å². The quantitative estimate of drug-likeness (QED) is 0.516. The summed E-state index contributed by atoms with van der Waals surface area (Å²) >= 11 is 0. The van der Waals surface area contributed by atoms with Crippen molar-refractivity contribution in [2.75, 3.05) is 7.11 Å². The lowest BCUT2D eigenvalue weighted by Gasteiger charge is -2.05. The predicted octanol–water partition coefficient (Wildman–Crippen LogP) is 2.09. The van der Waals surface area contributed by atoms with Gasteiger partial charge in [-0.3, -0.25) is 0 Å². The molecule has 0 saturated heterocycles. The number of aryl methyl sites for hydroxylation is 1. The molecule has 0 atom stereocenters. The largest absolute Gasteiger partial charge is 0.465 e. The Morgan fingerprint density at radius 2 is 1.78 bits per heavy atom. The highest BCUT2D eigenvalue weighted by molar-refractivity contribution is 7.89. The van der Waals surface area contributed by atoms with Gasteiger partial charge < -0.3 is 4.74 Å². The Bertz CT molecular complexity index is 827. The molecule has 2 aromatic carbocycles. The SMILES string of the molecule is COC(=O)c1ccccc1C=NNS(=O)(=O)c1ccc(C)cc1. The third kappa shape index (κ3) is 4.17. The fourth-order valence-electron chi connectivity index (χ4n) is 1.84. The number of hydrogen-bond acceptors (Lipinski definition) is 5. The number of rotatable bonds is 5. The molecule has 6 nitrogen and oxygen atoms in total. The molecule has 0 spiro atoms. The summed E-state index contributed by atoms with van der Waals surface area (Å²) in [6.45, 7) is 1.87. The highest BCUT2D eigenvalue weighted by Crippen LogP contribution is 2.10. The summed E-state index contributed by atoms with van der Waals surface area (Å²) < 4.78 is 28.8. The first kappa shape index (κ1) is 16.7. The molecule has 0 radical (unpaired) electrons. The molecule has 0 heterocycles. The molecule has 7 heteroatoms. The highest BCUT2D eigenvalue weighted by Gasteiger charge is 2.13. The van der Waals surface area contributed by atoms with Crippen molar-refractivity contribution >= 4 is 22.2 Å². The van der Waals surface area contributed by atoms with Crippen LogP contribution in [0.15, 0.2) is 58.5 Å². The minimum atomic E-state index is -3.75. The average Bonchev–Trinajstić information content (AvgIpc) is 2.55. The second-order valence-electron chi connectivity index (χ2n) is 4.74. The Morgan fingerprint density at radius 3 is 2.43 bits per heavy atom. The molecule has 0 aliphatic heterocycles. The van der Waals surface area contributed by atoms with E-state index in [1.54, 1.807) is 36.4 Å². The smallest absolute Gasteiger partial charge is 0.338 e. The van der Waals surface area contributed by atoms with Crippen molar-refractivity contribution in [3.63, 3.8) is 0 Å². The molecular formula is C16H16N2O4S. The van der Waals surface area contributed by atoms with Crippen LogP contribution in [0.3, 0.4) is 0 Å². The second-order valence-corrected chi connectivity index (χ2v) is 6.41. The number of sulfonamides is 1. The van der Waals surface area contributed by atoms with Crippen molar-refractivity contribution in [2.24, 2.45) is 5.10 Å². The number of carbonyl (C=O) groups excluding carboxylic acids is 1. The van der Waals surface area contributed by atoms with Crippen molar-refractivity contribution in [2.45, 2.75) is 11.8 Å². The number of benzene rings is 2. The van der Waals surface area contributed by atoms with E-state index in [9.17, 15) is 13.2 Å². The van der Waals surface area contributed by atoms with E-state index >= 15 is 0 Å². The minimum Gasteiger partial charge on any atom is -0.465 e. The van der Waals surface area contributed by atoms with Crippen molar-refractivity contribution < 1.29 is 17.9 Å². The van der Waals surface area contributed by atoms with Crippen LogP contribution in [0.1, 0.15) is 21.5 Å². The normalized spacial score (nSPS) is 11.4. The van der Waals surface area contributed by atoms with Gasteiger partial charge in [-0.15, -0.1) is 0 Å². The number of nitrogens with one attached hydrogen (secondary N) is 1. The summed E-state index contributed by atoms with van der Waals surface area (Å²) in [6.07, 6.45) is 1.26. The van der Waals surface area contributed by atoms with E-state index in [4.69, 9.17) is 0 Å². The van der Waals surface area contributed by atoms with Crippen LogP contribution < -0.4 is 4.83 Å². The fraction of sp³-hybridized carbons (Fsp3) is 0.125. The monoisotopic (exact) mass is 332 g/mol. The number of hydrogen-bond donors (Lipinski definition) is 1. The molecule has 0 amide bonds. The van der Waals surface area contributed by atoms with Gasteiger partial charge in [-0.2, -0.15) is 13.5 Å². The van der Waals surface area contributed by atoms with Crippen LogP contribution >= 0.6 is 0 Å². The molecular weight excluding hydrogens is 316 g/mol. The molecule has 0 unspecified atom stereocenters. The van der Waals surface area contributed by atoms with Crippen molar-refractivity contribution in [3.8, 4) is 0 Å². The van der Waals surface area contributed by atoms with Crippen LogP contribution in [0.25, 0.3) is 0 Å². The summed E-state index contributed by atoms with van der Waals surface area (Å²) in [5, 5.41) is 3.72. The Kier molecular flexibility index (Phi) is 5.13. The zero-order valence-electron chi connectivity index (χ0n) is 12.7. The molecule has 0 fully saturated rings. The third-order valence-corrected chi connectivity index (χ3v) is 4.31. The van der Waals surface area contributed by atoms with Crippen molar-refractivity contribution in [3.05, 3.63) is 65.2 Å². The van der Waals surface area contributed by atoms with Gasteiger partial charge in [0.15, 0.2) is 0 Å². The van der Waals surface area contributed by atoms with E-state index in [-0.39, 0.29) is 4.90 Å². The molecule has 23 heavy (non-hydrogen) atoms. The molecule has 0 aliphatic rings. The molecule has 120 valence electrons. The van der Waals surface area contributed by atoms with E-state index in [1.165, 1.54) is 25.5 Å². The van der Waals surface area contributed by atoms with Gasteiger partial charge >= 0.3 is 5.97 Å². The van der Waals surface area contributed by atoms with Gasteiger partial charge in [0.2, 0.25) is 0 Å². The number of methoxy groups -OCH3 is 1. The molecule has 2 aromatic rings. The van der Waals surface area contributed by atoms with Gasteiger partial charge in [-0.05, 0) is 25.1 Å². The molecule has 0 saturated carbocycles. The van der Waals surface area contributed by atoms with Crippen LogP contribution in [0.5, 0.6) is 0 Å². The number of ether oxygens (including phenoxy) is 1. The maximum atomic E-state index is 12.1. The molecule has 0 bridgehead atoms. The molecule has 0 aromatic heterocycles. The van der Waals surface area contributed by atoms with Gasteiger partial charge in [0.1, 0.15) is 0 Å². The number of nitrogens with zero attached hydrogens (tertiary/aromatic N) is 1. The van der Waals surface area contributed by atoms with Crippen molar-refractivity contribution in [1.29, 1.82) is 0 Å². The number of hydrazone groups is 1. The van der Waals surface area contributed by atoms with Crippen LogP contribution in [-0.4, -0.2) is 27.7 Å². The maximum absolute atomic E-state index is 12.1. The van der Waals surface area contributed by atoms with E-state index in [1.807, 2.05) is 6.92 Å². The van der Waals surface area contributed by atoms with Crippen LogP contribution in [0.2, 0.25) is 0 Å². The van der Waals surface area contributed by atoms with E-state index in [0.29, 0.717) is 11.1 Å². The summed E-state index contributed by atoms with van der Waals surface area (Å²) in [5.74, 6) is -0.520. The minimum absolute atomic E-state index is 0.113. The number of carbonyl (C=O) groups is 1. The number of esters is 1. The van der Waals surface area contributed by atoms with Gasteiger partial charge in [0.05, 0.1) is 23.8 Å². The zero-order valence-corrected chi connectivity index (χ0v) is 13.5. The lowest BCUT2D eigenvalue weighted by molar-refractivity contribution is 0.0600. The Morgan fingerprint density at radius 1 is 1.13 bits per heavy atom. The lowest BCUT2D eigenvalue weighted by Crippen LogP contribution is -2.18. The lowest BCUT2D eigenvalue weighted by atomic mass is 10.1. The summed E-state index contributed by atoms with van der Waals surface area (Å²) in [7, 11) is -2.48. The Hall–Kier alpha value is -2.67. The molecule has 1 N–H and O–H groups in total. The Balaban J connectivity index is 2.19. The van der Waals surface area contributed by atoms with Gasteiger partial charge in [-0.25, -0.2) is 9.63 Å². The fourth-order valence-corrected chi connectivity index (χ4v) is 2.63. The van der Waals surface area contributed by atoms with Gasteiger partial charge in [0, 0.05) is 5.56 Å². The molecule has 2 rings (SSSR count). The first-order chi connectivity index (χ1) is 10.9. The van der Waals surface area contributed by atoms with Crippen LogP contribution in [-0.2, 0) is 14.8 Å². The first-order valence-corrected chi connectivity index (χ1v) is 8.21. The molecule has 0 aliphatic carbocycles.